The van der Waals surface area contributed by atoms with Gasteiger partial charge in [0, 0.05) is 27.0 Å². The summed E-state index contributed by atoms with van der Waals surface area (Å²) < 4.78 is 2.07. The van der Waals surface area contributed by atoms with E-state index in [0.29, 0.717) is 6.54 Å². The van der Waals surface area contributed by atoms with Crippen LogP contribution in [-0.2, 0) is 6.54 Å². The minimum atomic E-state index is 0.656. The van der Waals surface area contributed by atoms with Crippen LogP contribution in [0.25, 0.3) is 0 Å². The summed E-state index contributed by atoms with van der Waals surface area (Å²) in [5.41, 5.74) is 1.94. The molecule has 0 radical (unpaired) electrons. The Morgan fingerprint density at radius 3 is 2.81 bits per heavy atom. The fourth-order valence-corrected chi connectivity index (χ4v) is 1.99. The van der Waals surface area contributed by atoms with E-state index in [1.54, 1.807) is 18.6 Å². The van der Waals surface area contributed by atoms with Gasteiger partial charge in [0.05, 0.1) is 18.4 Å². The molecule has 0 saturated heterocycles. The van der Waals surface area contributed by atoms with Crippen LogP contribution in [-0.4, -0.2) is 9.97 Å². The highest BCUT2D eigenvalue weighted by Gasteiger charge is 2.00. The van der Waals surface area contributed by atoms with Gasteiger partial charge in [-0.15, -0.1) is 0 Å². The Hall–Kier alpha value is -0.940. The maximum absolute atomic E-state index is 4.19. The van der Waals surface area contributed by atoms with Gasteiger partial charge in [0.1, 0.15) is 0 Å². The highest BCUT2D eigenvalue weighted by molar-refractivity contribution is 9.11. The summed E-state index contributed by atoms with van der Waals surface area (Å²) in [5.74, 6) is 0. The molecule has 2 aromatic rings. The maximum Gasteiger partial charge on any atom is 0.0777 e. The molecular formula is C11H9Br2N3. The number of halogens is 2. The molecule has 1 aromatic heterocycles. The van der Waals surface area contributed by atoms with Crippen molar-refractivity contribution in [1.29, 1.82) is 0 Å². The standard InChI is InChI=1S/C11H9Br2N3/c12-8-1-2-10(13)11(5-8)16-7-9-6-14-3-4-15-9/h1-6,16H,7H2. The molecule has 0 aliphatic heterocycles. The van der Waals surface area contributed by atoms with E-state index >= 15 is 0 Å². The first-order valence-electron chi connectivity index (χ1n) is 4.69. The number of nitrogens with zero attached hydrogens (tertiary/aromatic N) is 2. The molecule has 0 aliphatic rings. The third kappa shape index (κ3) is 3.02. The molecule has 1 heterocycles. The van der Waals surface area contributed by atoms with Crippen LogP contribution in [0, 0.1) is 0 Å². The van der Waals surface area contributed by atoms with Gasteiger partial charge in [0.15, 0.2) is 0 Å². The first kappa shape index (κ1) is 11.5. The molecular weight excluding hydrogens is 334 g/mol. The minimum Gasteiger partial charge on any atom is -0.378 e. The molecule has 5 heteroatoms. The van der Waals surface area contributed by atoms with Gasteiger partial charge < -0.3 is 5.32 Å². The largest absolute Gasteiger partial charge is 0.378 e. The highest BCUT2D eigenvalue weighted by Crippen LogP contribution is 2.26. The fourth-order valence-electron chi connectivity index (χ4n) is 1.24. The predicted octanol–water partition coefficient (Wildman–Crippen LogP) is 3.61. The average Bonchev–Trinajstić information content (AvgIpc) is 2.32. The van der Waals surface area contributed by atoms with E-state index in [9.17, 15) is 0 Å². The summed E-state index contributed by atoms with van der Waals surface area (Å²) in [6, 6.07) is 5.99. The predicted molar refractivity (Wildman–Crippen MR) is 71.2 cm³/mol. The van der Waals surface area contributed by atoms with Crippen molar-refractivity contribution < 1.29 is 0 Å². The van der Waals surface area contributed by atoms with Crippen molar-refractivity contribution in [3.05, 3.63) is 51.4 Å². The van der Waals surface area contributed by atoms with Crippen LogP contribution in [0.5, 0.6) is 0 Å². The second kappa shape index (κ2) is 5.41. The van der Waals surface area contributed by atoms with Crippen LogP contribution in [0.3, 0.4) is 0 Å². The number of rotatable bonds is 3. The summed E-state index contributed by atoms with van der Waals surface area (Å²) in [6.45, 7) is 0.656. The molecule has 1 N–H and O–H groups in total. The number of nitrogens with one attached hydrogen (secondary N) is 1. The molecule has 0 spiro atoms. The van der Waals surface area contributed by atoms with Crippen molar-refractivity contribution in [2.24, 2.45) is 0 Å². The lowest BCUT2D eigenvalue weighted by atomic mass is 10.3. The normalized spacial score (nSPS) is 10.1. The van der Waals surface area contributed by atoms with E-state index in [1.165, 1.54) is 0 Å². The lowest BCUT2D eigenvalue weighted by Crippen LogP contribution is -2.02. The van der Waals surface area contributed by atoms with E-state index in [-0.39, 0.29) is 0 Å². The summed E-state index contributed by atoms with van der Waals surface area (Å²) in [6.07, 6.45) is 5.10. The molecule has 0 bridgehead atoms. The Labute approximate surface area is 111 Å². The number of hydrogen-bond acceptors (Lipinski definition) is 3. The van der Waals surface area contributed by atoms with Gasteiger partial charge in [-0.3, -0.25) is 9.97 Å². The van der Waals surface area contributed by atoms with Gasteiger partial charge in [-0.25, -0.2) is 0 Å². The summed E-state index contributed by atoms with van der Waals surface area (Å²) in [7, 11) is 0. The average molecular weight is 343 g/mol. The van der Waals surface area contributed by atoms with Crippen LogP contribution < -0.4 is 5.32 Å². The van der Waals surface area contributed by atoms with E-state index in [1.807, 2.05) is 18.2 Å². The Bertz CT molecular complexity index is 474. The van der Waals surface area contributed by atoms with Crippen molar-refractivity contribution >= 4 is 37.5 Å². The maximum atomic E-state index is 4.19. The topological polar surface area (TPSA) is 37.8 Å². The molecule has 2 rings (SSSR count). The van der Waals surface area contributed by atoms with Gasteiger partial charge in [0.2, 0.25) is 0 Å². The number of benzene rings is 1. The van der Waals surface area contributed by atoms with Gasteiger partial charge in [-0.2, -0.15) is 0 Å². The van der Waals surface area contributed by atoms with E-state index < -0.39 is 0 Å². The van der Waals surface area contributed by atoms with Gasteiger partial charge in [-0.1, -0.05) is 15.9 Å². The number of hydrogen-bond donors (Lipinski definition) is 1. The van der Waals surface area contributed by atoms with Crippen LogP contribution in [0.2, 0.25) is 0 Å². The second-order valence-corrected chi connectivity index (χ2v) is 4.94. The summed E-state index contributed by atoms with van der Waals surface area (Å²) in [4.78, 5) is 8.21. The minimum absolute atomic E-state index is 0.656. The third-order valence-electron chi connectivity index (χ3n) is 2.01. The van der Waals surface area contributed by atoms with Crippen molar-refractivity contribution in [3.63, 3.8) is 0 Å². The van der Waals surface area contributed by atoms with Gasteiger partial charge >= 0.3 is 0 Å². The van der Waals surface area contributed by atoms with Crippen molar-refractivity contribution in [2.75, 3.05) is 5.32 Å². The zero-order valence-corrected chi connectivity index (χ0v) is 11.5. The molecule has 0 aliphatic carbocycles. The van der Waals surface area contributed by atoms with Gasteiger partial charge in [0.25, 0.3) is 0 Å². The van der Waals surface area contributed by atoms with Gasteiger partial charge in [-0.05, 0) is 34.1 Å². The Balaban J connectivity index is 2.08. The first-order valence-corrected chi connectivity index (χ1v) is 6.28. The molecule has 3 nitrogen and oxygen atoms in total. The molecule has 0 atom stereocenters. The molecule has 0 unspecified atom stereocenters. The Kier molecular flexibility index (Phi) is 3.90. The van der Waals surface area contributed by atoms with E-state index in [2.05, 4.69) is 47.1 Å². The quantitative estimate of drug-likeness (QED) is 0.925. The SMILES string of the molecule is Brc1ccc(Br)c(NCc2cnccn2)c1. The third-order valence-corrected chi connectivity index (χ3v) is 3.19. The zero-order valence-electron chi connectivity index (χ0n) is 8.32. The molecule has 0 saturated carbocycles. The van der Waals surface area contributed by atoms with Crippen molar-refractivity contribution in [2.45, 2.75) is 6.54 Å². The highest BCUT2D eigenvalue weighted by atomic mass is 79.9. The fraction of sp³-hybridized carbons (Fsp3) is 0.0909. The number of aromatic nitrogens is 2. The van der Waals surface area contributed by atoms with Crippen molar-refractivity contribution in [1.82, 2.24) is 9.97 Å². The summed E-state index contributed by atoms with van der Waals surface area (Å²) in [5, 5.41) is 3.29. The monoisotopic (exact) mass is 341 g/mol. The lowest BCUT2D eigenvalue weighted by molar-refractivity contribution is 1.01. The number of anilines is 1. The van der Waals surface area contributed by atoms with E-state index in [0.717, 1.165) is 20.3 Å². The molecule has 0 fully saturated rings. The molecule has 0 amide bonds. The molecule has 82 valence electrons. The van der Waals surface area contributed by atoms with Crippen LogP contribution >= 0.6 is 31.9 Å². The first-order chi connectivity index (χ1) is 7.75. The smallest absolute Gasteiger partial charge is 0.0777 e. The lowest BCUT2D eigenvalue weighted by Gasteiger charge is -2.08. The van der Waals surface area contributed by atoms with Crippen LogP contribution in [0.15, 0.2) is 45.7 Å². The van der Waals surface area contributed by atoms with Crippen molar-refractivity contribution in [3.8, 4) is 0 Å². The van der Waals surface area contributed by atoms with E-state index in [4.69, 9.17) is 0 Å². The molecule has 1 aromatic carbocycles. The Morgan fingerprint density at radius 1 is 1.19 bits per heavy atom. The summed E-state index contributed by atoms with van der Waals surface area (Å²) >= 11 is 6.92. The second-order valence-electron chi connectivity index (χ2n) is 3.17. The molecule has 16 heavy (non-hydrogen) atoms. The van der Waals surface area contributed by atoms with Crippen LogP contribution in [0.4, 0.5) is 5.69 Å². The zero-order chi connectivity index (χ0) is 11.4. The van der Waals surface area contributed by atoms with Crippen LogP contribution in [0.1, 0.15) is 5.69 Å². The Morgan fingerprint density at radius 2 is 2.06 bits per heavy atom.